The number of carboxylic acids is 1. The van der Waals surface area contributed by atoms with Gasteiger partial charge in [-0.1, -0.05) is 48.0 Å². The van der Waals surface area contributed by atoms with Crippen molar-refractivity contribution in [2.45, 2.75) is 0 Å². The molecule has 0 saturated heterocycles. The van der Waals surface area contributed by atoms with Crippen molar-refractivity contribution in [3.05, 3.63) is 76.8 Å². The molecular weight excluding hydrogens is 372 g/mol. The third kappa shape index (κ3) is 3.82. The van der Waals surface area contributed by atoms with Crippen LogP contribution in [0.4, 0.5) is 5.69 Å². The minimum absolute atomic E-state index is 0.0366. The number of fused-ring (bicyclic) bond motifs is 1. The zero-order chi connectivity index (χ0) is 18.7. The van der Waals surface area contributed by atoms with Crippen LogP contribution in [0.25, 0.3) is 10.8 Å². The largest absolute Gasteiger partial charge is 0.545 e. The Morgan fingerprint density at radius 2 is 1.69 bits per heavy atom. The highest BCUT2D eigenvalue weighted by Crippen LogP contribution is 2.20. The Morgan fingerprint density at radius 3 is 2.46 bits per heavy atom. The minimum Gasteiger partial charge on any atom is -0.545 e. The first kappa shape index (κ1) is 17.8. The number of hydrogen-bond acceptors (Lipinski definition) is 4. The molecule has 0 fully saturated rings. The van der Waals surface area contributed by atoms with E-state index in [9.17, 15) is 14.7 Å². The number of hydrogen-bond donors (Lipinski definition) is 2. The van der Waals surface area contributed by atoms with Crippen molar-refractivity contribution in [1.29, 1.82) is 0 Å². The number of rotatable bonds is 3. The Kier molecular flexibility index (Phi) is 5.16. The van der Waals surface area contributed by atoms with Gasteiger partial charge in [0, 0.05) is 21.8 Å². The number of nitrogens with one attached hydrogen (secondary N) is 2. The summed E-state index contributed by atoms with van der Waals surface area (Å²) in [5.74, 6) is -1.77. The van der Waals surface area contributed by atoms with Crippen LogP contribution in [0.1, 0.15) is 20.7 Å². The number of amides is 1. The van der Waals surface area contributed by atoms with Crippen molar-refractivity contribution in [2.75, 3.05) is 5.32 Å². The Morgan fingerprint density at radius 1 is 0.962 bits per heavy atom. The number of carboxylic acid groups (broad SMARTS) is 1. The fourth-order valence-electron chi connectivity index (χ4n) is 2.52. The van der Waals surface area contributed by atoms with Gasteiger partial charge < -0.3 is 15.2 Å². The summed E-state index contributed by atoms with van der Waals surface area (Å²) in [5.41, 5.74) is 0.690. The van der Waals surface area contributed by atoms with Crippen molar-refractivity contribution in [1.82, 2.24) is 5.32 Å². The summed E-state index contributed by atoms with van der Waals surface area (Å²) in [7, 11) is 0. The number of aromatic carboxylic acids is 1. The average Bonchev–Trinajstić information content (AvgIpc) is 2.62. The van der Waals surface area contributed by atoms with E-state index in [1.165, 1.54) is 12.1 Å². The molecule has 7 heteroatoms. The summed E-state index contributed by atoms with van der Waals surface area (Å²) < 4.78 is 0. The maximum Gasteiger partial charge on any atom is 0.258 e. The molecule has 0 aliphatic rings. The number of carbonyl (C=O) groups is 2. The quantitative estimate of drug-likeness (QED) is 0.679. The van der Waals surface area contributed by atoms with Gasteiger partial charge >= 0.3 is 0 Å². The number of anilines is 1. The predicted molar refractivity (Wildman–Crippen MR) is 103 cm³/mol. The Balaban J connectivity index is 1.77. The summed E-state index contributed by atoms with van der Waals surface area (Å²) in [6, 6.07) is 17.2. The fraction of sp³-hybridized carbons (Fsp3) is 0. The Bertz CT molecular complexity index is 1030. The van der Waals surface area contributed by atoms with Gasteiger partial charge in [-0.25, -0.2) is 0 Å². The molecule has 0 aliphatic carbocycles. The highest BCUT2D eigenvalue weighted by Gasteiger charge is 2.12. The van der Waals surface area contributed by atoms with E-state index >= 15 is 0 Å². The molecule has 0 radical (unpaired) electrons. The van der Waals surface area contributed by atoms with Gasteiger partial charge in [-0.15, -0.1) is 0 Å². The summed E-state index contributed by atoms with van der Waals surface area (Å²) in [5, 5.41) is 18.2. The van der Waals surface area contributed by atoms with Crippen LogP contribution in [0, 0.1) is 0 Å². The first-order chi connectivity index (χ1) is 12.5. The summed E-state index contributed by atoms with van der Waals surface area (Å²) >= 11 is 10.9. The second-order valence-corrected chi connectivity index (χ2v) is 6.23. The molecule has 0 aliphatic heterocycles. The smallest absolute Gasteiger partial charge is 0.258 e. The van der Waals surface area contributed by atoms with Crippen LogP contribution in [0.5, 0.6) is 0 Å². The van der Waals surface area contributed by atoms with Gasteiger partial charge in [-0.3, -0.25) is 10.1 Å². The molecule has 3 rings (SSSR count). The van der Waals surface area contributed by atoms with Crippen molar-refractivity contribution < 1.29 is 14.7 Å². The van der Waals surface area contributed by atoms with Crippen LogP contribution in [-0.2, 0) is 0 Å². The van der Waals surface area contributed by atoms with E-state index in [2.05, 4.69) is 10.6 Å². The van der Waals surface area contributed by atoms with E-state index in [0.29, 0.717) is 11.3 Å². The number of thiocarbonyl (C=S) groups is 1. The lowest BCUT2D eigenvalue weighted by Crippen LogP contribution is -2.34. The van der Waals surface area contributed by atoms with Gasteiger partial charge in [0.05, 0.1) is 5.97 Å². The minimum atomic E-state index is -1.40. The maximum absolute atomic E-state index is 12.5. The molecule has 1 amide bonds. The lowest BCUT2D eigenvalue weighted by molar-refractivity contribution is -0.255. The molecule has 0 unspecified atom stereocenters. The lowest BCUT2D eigenvalue weighted by Gasteiger charge is -2.13. The molecule has 3 aromatic carbocycles. The SMILES string of the molecule is O=C([O-])c1cc(NC(=S)NC(=O)c2cccc3ccccc23)ccc1Cl. The monoisotopic (exact) mass is 383 g/mol. The van der Waals surface area contributed by atoms with E-state index in [4.69, 9.17) is 23.8 Å². The lowest BCUT2D eigenvalue weighted by atomic mass is 10.0. The second kappa shape index (κ2) is 7.51. The van der Waals surface area contributed by atoms with Crippen LogP contribution in [0.15, 0.2) is 60.7 Å². The Hall–Kier alpha value is -2.96. The molecule has 0 saturated carbocycles. The average molecular weight is 384 g/mol. The van der Waals surface area contributed by atoms with Gasteiger partial charge in [0.2, 0.25) is 0 Å². The van der Waals surface area contributed by atoms with Crippen LogP contribution in [0.3, 0.4) is 0 Å². The van der Waals surface area contributed by atoms with E-state index in [1.54, 1.807) is 18.2 Å². The van der Waals surface area contributed by atoms with Gasteiger partial charge in [-0.05, 0) is 47.3 Å². The van der Waals surface area contributed by atoms with Crippen molar-refractivity contribution in [3.8, 4) is 0 Å². The van der Waals surface area contributed by atoms with E-state index < -0.39 is 5.97 Å². The van der Waals surface area contributed by atoms with Crippen molar-refractivity contribution >= 4 is 57.3 Å². The van der Waals surface area contributed by atoms with Crippen LogP contribution in [-0.4, -0.2) is 17.0 Å². The molecule has 0 heterocycles. The van der Waals surface area contributed by atoms with Gasteiger partial charge in [0.25, 0.3) is 5.91 Å². The third-order valence-electron chi connectivity index (χ3n) is 3.71. The second-order valence-electron chi connectivity index (χ2n) is 5.42. The molecule has 2 N–H and O–H groups in total. The molecule has 5 nitrogen and oxygen atoms in total. The molecule has 0 spiro atoms. The van der Waals surface area contributed by atoms with Gasteiger partial charge in [0.1, 0.15) is 0 Å². The first-order valence-electron chi connectivity index (χ1n) is 7.56. The molecule has 0 aromatic heterocycles. The standard InChI is InChI=1S/C19H13ClN2O3S/c20-16-9-8-12(10-15(16)18(24)25)21-19(26)22-17(23)14-7-3-5-11-4-1-2-6-13(11)14/h1-10H,(H,24,25)(H2,21,22,23,26)/p-1. The highest BCUT2D eigenvalue weighted by molar-refractivity contribution is 7.80. The van der Waals surface area contributed by atoms with Crippen LogP contribution in [0.2, 0.25) is 5.02 Å². The Labute approximate surface area is 159 Å². The number of benzene rings is 3. The van der Waals surface area contributed by atoms with Crippen molar-refractivity contribution in [3.63, 3.8) is 0 Å². The number of halogens is 1. The normalized spacial score (nSPS) is 10.3. The van der Waals surface area contributed by atoms with Gasteiger partial charge in [0.15, 0.2) is 5.11 Å². The van der Waals surface area contributed by atoms with Gasteiger partial charge in [-0.2, -0.15) is 0 Å². The predicted octanol–water partition coefficient (Wildman–Crippen LogP) is 2.98. The molecule has 130 valence electrons. The van der Waals surface area contributed by atoms with Crippen LogP contribution < -0.4 is 15.7 Å². The highest BCUT2D eigenvalue weighted by atomic mass is 35.5. The zero-order valence-electron chi connectivity index (χ0n) is 13.3. The molecule has 0 atom stereocenters. The van der Waals surface area contributed by atoms with E-state index in [1.807, 2.05) is 30.3 Å². The zero-order valence-corrected chi connectivity index (χ0v) is 14.9. The molecule has 3 aromatic rings. The first-order valence-corrected chi connectivity index (χ1v) is 8.35. The number of carbonyl (C=O) groups excluding carboxylic acids is 2. The van der Waals surface area contributed by atoms with E-state index in [0.717, 1.165) is 10.8 Å². The topological polar surface area (TPSA) is 81.3 Å². The third-order valence-corrected chi connectivity index (χ3v) is 4.24. The summed E-state index contributed by atoms with van der Waals surface area (Å²) in [4.78, 5) is 23.5. The summed E-state index contributed by atoms with van der Waals surface area (Å²) in [6.45, 7) is 0. The van der Waals surface area contributed by atoms with Crippen LogP contribution >= 0.6 is 23.8 Å². The van der Waals surface area contributed by atoms with E-state index in [-0.39, 0.29) is 21.6 Å². The summed E-state index contributed by atoms with van der Waals surface area (Å²) in [6.07, 6.45) is 0. The maximum atomic E-state index is 12.5. The molecular formula is C19H12ClN2O3S-. The molecule has 26 heavy (non-hydrogen) atoms. The molecule has 0 bridgehead atoms. The fourth-order valence-corrected chi connectivity index (χ4v) is 2.92. The van der Waals surface area contributed by atoms with Crippen molar-refractivity contribution in [2.24, 2.45) is 0 Å².